The molecule has 0 radical (unpaired) electrons. The van der Waals surface area contributed by atoms with Crippen molar-refractivity contribution >= 4 is 44.8 Å². The SMILES string of the molecule is O=C(CN1C(=O)CCCc2cc(S(=O)(=O)N3CCCCC3)ccc21)Nc1ccc(F)c(Cl)c1. The maximum Gasteiger partial charge on any atom is 0.244 e. The van der Waals surface area contributed by atoms with Gasteiger partial charge in [-0.25, -0.2) is 12.8 Å². The van der Waals surface area contributed by atoms with Crippen LogP contribution < -0.4 is 10.2 Å². The first-order valence-electron chi connectivity index (χ1n) is 10.9. The molecule has 0 aromatic heterocycles. The minimum atomic E-state index is -3.60. The fraction of sp³-hybridized carbons (Fsp3) is 0.391. The van der Waals surface area contributed by atoms with Gasteiger partial charge in [0.2, 0.25) is 21.8 Å². The van der Waals surface area contributed by atoms with Crippen LogP contribution in [0.3, 0.4) is 0 Å². The number of carbonyl (C=O) groups excluding carboxylic acids is 2. The normalized spacial score (nSPS) is 17.4. The number of aryl methyl sites for hydroxylation is 1. The van der Waals surface area contributed by atoms with Crippen LogP contribution in [0.15, 0.2) is 41.3 Å². The van der Waals surface area contributed by atoms with Crippen LogP contribution in [0.1, 0.15) is 37.7 Å². The summed E-state index contributed by atoms with van der Waals surface area (Å²) >= 11 is 5.77. The number of hydrogen-bond donors (Lipinski definition) is 1. The first-order valence-corrected chi connectivity index (χ1v) is 12.8. The van der Waals surface area contributed by atoms with Gasteiger partial charge in [0, 0.05) is 30.9 Å². The molecule has 0 atom stereocenters. The maximum atomic E-state index is 13.4. The van der Waals surface area contributed by atoms with Crippen LogP contribution in [0, 0.1) is 5.82 Å². The van der Waals surface area contributed by atoms with E-state index in [1.807, 2.05) is 0 Å². The largest absolute Gasteiger partial charge is 0.324 e. The first-order chi connectivity index (χ1) is 15.8. The zero-order valence-electron chi connectivity index (χ0n) is 18.0. The highest BCUT2D eigenvalue weighted by atomic mass is 35.5. The number of benzene rings is 2. The average Bonchev–Trinajstić information content (AvgIpc) is 2.95. The predicted octanol–water partition coefficient (Wildman–Crippen LogP) is 3.96. The van der Waals surface area contributed by atoms with Gasteiger partial charge in [0.15, 0.2) is 0 Å². The second-order valence-electron chi connectivity index (χ2n) is 8.27. The summed E-state index contributed by atoms with van der Waals surface area (Å²) in [4.78, 5) is 27.0. The summed E-state index contributed by atoms with van der Waals surface area (Å²) in [5, 5.41) is 2.50. The van der Waals surface area contributed by atoms with E-state index in [0.717, 1.165) is 30.9 Å². The fourth-order valence-corrected chi connectivity index (χ4v) is 5.98. The fourth-order valence-electron chi connectivity index (χ4n) is 4.23. The van der Waals surface area contributed by atoms with Crippen molar-refractivity contribution < 1.29 is 22.4 Å². The van der Waals surface area contributed by atoms with Crippen LogP contribution in [0.5, 0.6) is 0 Å². The number of anilines is 2. The first kappa shape index (κ1) is 23.7. The molecule has 0 aliphatic carbocycles. The van der Waals surface area contributed by atoms with E-state index in [2.05, 4.69) is 5.32 Å². The number of carbonyl (C=O) groups is 2. The molecule has 0 saturated carbocycles. The Labute approximate surface area is 197 Å². The smallest absolute Gasteiger partial charge is 0.244 e. The van der Waals surface area contributed by atoms with E-state index >= 15 is 0 Å². The van der Waals surface area contributed by atoms with E-state index in [1.54, 1.807) is 12.1 Å². The van der Waals surface area contributed by atoms with E-state index in [0.29, 0.717) is 37.3 Å². The molecule has 2 aromatic rings. The highest BCUT2D eigenvalue weighted by Gasteiger charge is 2.29. The molecule has 2 aromatic carbocycles. The molecule has 2 amide bonds. The van der Waals surface area contributed by atoms with Gasteiger partial charge in [0.05, 0.1) is 9.92 Å². The zero-order chi connectivity index (χ0) is 23.6. The topological polar surface area (TPSA) is 86.8 Å². The number of amides is 2. The van der Waals surface area contributed by atoms with Crippen LogP contribution in [0.25, 0.3) is 0 Å². The number of nitrogens with one attached hydrogen (secondary N) is 1. The molecule has 2 aliphatic rings. The Kier molecular flexibility index (Phi) is 7.02. The van der Waals surface area contributed by atoms with Crippen molar-refractivity contribution in [3.05, 3.63) is 52.8 Å². The zero-order valence-corrected chi connectivity index (χ0v) is 19.6. The Bertz CT molecular complexity index is 1180. The lowest BCUT2D eigenvalue weighted by atomic mass is 10.1. The van der Waals surface area contributed by atoms with Crippen molar-refractivity contribution in [2.75, 3.05) is 29.9 Å². The van der Waals surface area contributed by atoms with E-state index < -0.39 is 21.7 Å². The molecule has 4 rings (SSSR count). The highest BCUT2D eigenvalue weighted by Crippen LogP contribution is 2.31. The van der Waals surface area contributed by atoms with Gasteiger partial charge in [0.1, 0.15) is 12.4 Å². The number of piperidine rings is 1. The van der Waals surface area contributed by atoms with Crippen molar-refractivity contribution in [2.24, 2.45) is 0 Å². The molecule has 2 aliphatic heterocycles. The van der Waals surface area contributed by atoms with Crippen molar-refractivity contribution in [3.63, 3.8) is 0 Å². The Morgan fingerprint density at radius 3 is 2.52 bits per heavy atom. The van der Waals surface area contributed by atoms with Gasteiger partial charge in [-0.1, -0.05) is 18.0 Å². The second-order valence-corrected chi connectivity index (χ2v) is 10.6. The summed E-state index contributed by atoms with van der Waals surface area (Å²) in [5.74, 6) is -1.28. The van der Waals surface area contributed by atoms with Crippen LogP contribution in [-0.2, 0) is 26.0 Å². The van der Waals surface area contributed by atoms with Gasteiger partial charge in [-0.2, -0.15) is 4.31 Å². The van der Waals surface area contributed by atoms with Gasteiger partial charge in [-0.05, 0) is 67.6 Å². The van der Waals surface area contributed by atoms with Gasteiger partial charge in [0.25, 0.3) is 0 Å². The van der Waals surface area contributed by atoms with Crippen LogP contribution in [0.2, 0.25) is 5.02 Å². The summed E-state index contributed by atoms with van der Waals surface area (Å²) in [6.45, 7) is 0.772. The molecule has 1 saturated heterocycles. The maximum absolute atomic E-state index is 13.4. The second kappa shape index (κ2) is 9.79. The Morgan fingerprint density at radius 2 is 1.79 bits per heavy atom. The van der Waals surface area contributed by atoms with E-state index in [-0.39, 0.29) is 28.8 Å². The molecule has 1 fully saturated rings. The minimum absolute atomic E-state index is 0.119. The molecular weight excluding hydrogens is 469 g/mol. The van der Waals surface area contributed by atoms with Crippen LogP contribution in [0.4, 0.5) is 15.8 Å². The number of rotatable bonds is 5. The Morgan fingerprint density at radius 1 is 1.03 bits per heavy atom. The Hall–Kier alpha value is -2.49. The summed E-state index contributed by atoms with van der Waals surface area (Å²) in [7, 11) is -3.60. The van der Waals surface area contributed by atoms with Gasteiger partial charge in [-0.3, -0.25) is 9.59 Å². The van der Waals surface area contributed by atoms with Gasteiger partial charge < -0.3 is 10.2 Å². The summed E-state index contributed by atoms with van der Waals surface area (Å²) in [6.07, 6.45) is 4.07. The lowest BCUT2D eigenvalue weighted by molar-refractivity contribution is -0.121. The quantitative estimate of drug-likeness (QED) is 0.683. The number of hydrogen-bond acceptors (Lipinski definition) is 4. The van der Waals surface area contributed by atoms with Crippen molar-refractivity contribution in [3.8, 4) is 0 Å². The standard InChI is InChI=1S/C23H25ClFN3O4S/c24-19-14-17(7-9-20(19)25)26-22(29)15-28-21-10-8-18(13-16(21)5-4-6-23(28)30)33(31,32)27-11-2-1-3-12-27/h7-10,13-14H,1-6,11-12,15H2,(H,26,29). The molecular formula is C23H25ClFN3O4S. The number of sulfonamides is 1. The molecule has 7 nitrogen and oxygen atoms in total. The molecule has 2 heterocycles. The van der Waals surface area contributed by atoms with Crippen LogP contribution in [-0.4, -0.2) is 44.2 Å². The summed E-state index contributed by atoms with van der Waals surface area (Å²) in [6, 6.07) is 8.57. The van der Waals surface area contributed by atoms with E-state index in [1.165, 1.54) is 27.4 Å². The molecule has 33 heavy (non-hydrogen) atoms. The highest BCUT2D eigenvalue weighted by molar-refractivity contribution is 7.89. The summed E-state index contributed by atoms with van der Waals surface area (Å²) in [5.41, 5.74) is 1.57. The van der Waals surface area contributed by atoms with Gasteiger partial charge in [-0.15, -0.1) is 0 Å². The molecule has 10 heteroatoms. The third-order valence-corrected chi connectivity index (χ3v) is 8.12. The lowest BCUT2D eigenvalue weighted by Gasteiger charge is -2.27. The average molecular weight is 494 g/mol. The number of nitrogens with zero attached hydrogens (tertiary/aromatic N) is 2. The van der Waals surface area contributed by atoms with Crippen molar-refractivity contribution in [1.82, 2.24) is 4.31 Å². The summed E-state index contributed by atoms with van der Waals surface area (Å²) < 4.78 is 41.0. The number of halogens is 2. The van der Waals surface area contributed by atoms with E-state index in [4.69, 9.17) is 11.6 Å². The van der Waals surface area contributed by atoms with Crippen molar-refractivity contribution in [1.29, 1.82) is 0 Å². The molecule has 0 unspecified atom stereocenters. The van der Waals surface area contributed by atoms with Crippen molar-refractivity contribution in [2.45, 2.75) is 43.4 Å². The third-order valence-electron chi connectivity index (χ3n) is 5.94. The Balaban J connectivity index is 1.57. The molecule has 1 N–H and O–H groups in total. The molecule has 0 spiro atoms. The predicted molar refractivity (Wildman–Crippen MR) is 124 cm³/mol. The van der Waals surface area contributed by atoms with Gasteiger partial charge >= 0.3 is 0 Å². The lowest BCUT2D eigenvalue weighted by Crippen LogP contribution is -2.38. The van der Waals surface area contributed by atoms with Crippen LogP contribution >= 0.6 is 11.6 Å². The molecule has 176 valence electrons. The monoisotopic (exact) mass is 493 g/mol. The van der Waals surface area contributed by atoms with E-state index in [9.17, 15) is 22.4 Å². The minimum Gasteiger partial charge on any atom is -0.324 e. The molecule has 0 bridgehead atoms. The number of fused-ring (bicyclic) bond motifs is 1. The third kappa shape index (κ3) is 5.20.